The number of thioether (sulfide) groups is 1. The summed E-state index contributed by atoms with van der Waals surface area (Å²) >= 11 is 2.09. The molecule has 0 amide bonds. The molecule has 1 fully saturated rings. The molecule has 2 nitrogen and oxygen atoms in total. The van der Waals surface area contributed by atoms with Crippen LogP contribution in [0.1, 0.15) is 6.42 Å². The topological polar surface area (TPSA) is 6.48 Å². The molecule has 0 unspecified atom stereocenters. The molecule has 0 N–H and O–H groups in total. The van der Waals surface area contributed by atoms with E-state index in [9.17, 15) is 0 Å². The van der Waals surface area contributed by atoms with Crippen molar-refractivity contribution in [1.29, 1.82) is 0 Å². The van der Waals surface area contributed by atoms with Gasteiger partial charge in [-0.2, -0.15) is 11.8 Å². The van der Waals surface area contributed by atoms with E-state index in [1.807, 2.05) is 0 Å². The molecule has 72 valence electrons. The maximum absolute atomic E-state index is 2.50. The van der Waals surface area contributed by atoms with Gasteiger partial charge in [0.05, 0.1) is 0 Å². The van der Waals surface area contributed by atoms with Crippen molar-refractivity contribution in [2.75, 3.05) is 45.7 Å². The quantitative estimate of drug-likeness (QED) is 0.649. The summed E-state index contributed by atoms with van der Waals surface area (Å²) in [5, 5.41) is 0. The fourth-order valence-electron chi connectivity index (χ4n) is 1.41. The zero-order valence-corrected chi connectivity index (χ0v) is 9.23. The summed E-state index contributed by atoms with van der Waals surface area (Å²) in [6.07, 6.45) is 1.38. The molecule has 1 aliphatic rings. The highest BCUT2D eigenvalue weighted by atomic mass is 32.2. The maximum Gasteiger partial charge on any atom is 0.0191 e. The second-order valence-electron chi connectivity index (χ2n) is 3.80. The summed E-state index contributed by atoms with van der Waals surface area (Å²) in [5.74, 6) is 2.70. The molecule has 1 heterocycles. The van der Waals surface area contributed by atoms with Crippen LogP contribution < -0.4 is 0 Å². The average molecular weight is 188 g/mol. The molecule has 0 saturated carbocycles. The number of hydrogen-bond acceptors (Lipinski definition) is 3. The smallest absolute Gasteiger partial charge is 0.0191 e. The van der Waals surface area contributed by atoms with Gasteiger partial charge in [0, 0.05) is 24.9 Å². The zero-order chi connectivity index (χ0) is 8.97. The van der Waals surface area contributed by atoms with E-state index in [2.05, 4.69) is 42.7 Å². The molecule has 0 spiro atoms. The summed E-state index contributed by atoms with van der Waals surface area (Å²) in [6, 6.07) is 0.843. The van der Waals surface area contributed by atoms with Gasteiger partial charge >= 0.3 is 0 Å². The summed E-state index contributed by atoms with van der Waals surface area (Å²) in [5.41, 5.74) is 0. The van der Waals surface area contributed by atoms with Gasteiger partial charge in [-0.05, 0) is 33.3 Å². The molecule has 0 aliphatic carbocycles. The maximum atomic E-state index is 2.50. The molecular weight excluding hydrogens is 168 g/mol. The van der Waals surface area contributed by atoms with Gasteiger partial charge in [-0.25, -0.2) is 0 Å². The van der Waals surface area contributed by atoms with Crippen molar-refractivity contribution in [1.82, 2.24) is 9.80 Å². The molecule has 0 radical (unpaired) electrons. The first-order valence-electron chi connectivity index (χ1n) is 4.63. The van der Waals surface area contributed by atoms with E-state index >= 15 is 0 Å². The third-order valence-corrected chi connectivity index (χ3v) is 3.57. The monoisotopic (exact) mass is 188 g/mol. The SMILES string of the molecule is CN(C)CCN(C)[C@@H]1CCSC1. The predicted octanol–water partition coefficient (Wildman–Crippen LogP) is 0.985. The number of likely N-dealkylation sites (N-methyl/N-ethyl adjacent to an activating group) is 2. The fourth-order valence-corrected chi connectivity index (χ4v) is 2.71. The van der Waals surface area contributed by atoms with Crippen molar-refractivity contribution in [3.8, 4) is 0 Å². The molecule has 1 aliphatic heterocycles. The van der Waals surface area contributed by atoms with Gasteiger partial charge in [0.2, 0.25) is 0 Å². The van der Waals surface area contributed by atoms with Crippen LogP contribution >= 0.6 is 11.8 Å². The third-order valence-electron chi connectivity index (χ3n) is 2.43. The standard InChI is InChI=1S/C9H20N2S/c1-10(2)5-6-11(3)9-4-7-12-8-9/h9H,4-8H2,1-3H3/t9-/m1/s1. The van der Waals surface area contributed by atoms with Crippen molar-refractivity contribution < 1.29 is 0 Å². The fraction of sp³-hybridized carbons (Fsp3) is 1.00. The molecule has 3 heteroatoms. The Morgan fingerprint density at radius 3 is 2.50 bits per heavy atom. The van der Waals surface area contributed by atoms with E-state index in [-0.39, 0.29) is 0 Å². The first kappa shape index (κ1) is 10.4. The minimum absolute atomic E-state index is 0.843. The lowest BCUT2D eigenvalue weighted by atomic mass is 10.2. The highest BCUT2D eigenvalue weighted by Gasteiger charge is 2.19. The number of hydrogen-bond donors (Lipinski definition) is 0. The molecule has 1 atom stereocenters. The summed E-state index contributed by atoms with van der Waals surface area (Å²) in [7, 11) is 6.52. The minimum Gasteiger partial charge on any atom is -0.308 e. The van der Waals surface area contributed by atoms with Crippen LogP contribution in [0.15, 0.2) is 0 Å². The van der Waals surface area contributed by atoms with Gasteiger partial charge in [0.15, 0.2) is 0 Å². The summed E-state index contributed by atoms with van der Waals surface area (Å²) < 4.78 is 0. The molecule has 1 rings (SSSR count). The lowest BCUT2D eigenvalue weighted by Crippen LogP contribution is -2.36. The van der Waals surface area contributed by atoms with Gasteiger partial charge in [-0.15, -0.1) is 0 Å². The minimum atomic E-state index is 0.843. The number of nitrogens with zero attached hydrogens (tertiary/aromatic N) is 2. The van der Waals surface area contributed by atoms with Gasteiger partial charge in [-0.1, -0.05) is 0 Å². The number of rotatable bonds is 4. The Morgan fingerprint density at radius 2 is 2.00 bits per heavy atom. The predicted molar refractivity (Wildman–Crippen MR) is 56.9 cm³/mol. The molecule has 0 aromatic heterocycles. The van der Waals surface area contributed by atoms with Crippen molar-refractivity contribution in [2.24, 2.45) is 0 Å². The summed E-state index contributed by atoms with van der Waals surface area (Å²) in [6.45, 7) is 2.38. The van der Waals surface area contributed by atoms with Crippen LogP contribution in [-0.4, -0.2) is 61.6 Å². The Morgan fingerprint density at radius 1 is 1.25 bits per heavy atom. The van der Waals surface area contributed by atoms with E-state index < -0.39 is 0 Å². The van der Waals surface area contributed by atoms with E-state index in [0.717, 1.165) is 6.04 Å². The lowest BCUT2D eigenvalue weighted by Gasteiger charge is -2.24. The van der Waals surface area contributed by atoms with Crippen LogP contribution in [0.25, 0.3) is 0 Å². The van der Waals surface area contributed by atoms with Crippen LogP contribution in [0.5, 0.6) is 0 Å². The normalized spacial score (nSPS) is 24.2. The molecule has 12 heavy (non-hydrogen) atoms. The van der Waals surface area contributed by atoms with Crippen molar-refractivity contribution in [3.63, 3.8) is 0 Å². The first-order chi connectivity index (χ1) is 5.70. The third kappa shape index (κ3) is 3.33. The average Bonchev–Trinajstić information content (AvgIpc) is 2.51. The Kier molecular flexibility index (Phi) is 4.40. The molecule has 0 aromatic rings. The Balaban J connectivity index is 2.13. The Hall–Kier alpha value is 0.270. The van der Waals surface area contributed by atoms with Gasteiger partial charge in [-0.3, -0.25) is 0 Å². The second kappa shape index (κ2) is 5.10. The van der Waals surface area contributed by atoms with Crippen molar-refractivity contribution in [2.45, 2.75) is 12.5 Å². The van der Waals surface area contributed by atoms with Crippen LogP contribution in [0.2, 0.25) is 0 Å². The second-order valence-corrected chi connectivity index (χ2v) is 4.95. The zero-order valence-electron chi connectivity index (χ0n) is 8.42. The van der Waals surface area contributed by atoms with Gasteiger partial charge in [0.1, 0.15) is 0 Å². The van der Waals surface area contributed by atoms with Crippen LogP contribution in [-0.2, 0) is 0 Å². The van der Waals surface area contributed by atoms with Crippen LogP contribution in [0, 0.1) is 0 Å². The lowest BCUT2D eigenvalue weighted by molar-refractivity contribution is 0.232. The van der Waals surface area contributed by atoms with Crippen molar-refractivity contribution in [3.05, 3.63) is 0 Å². The Bertz CT molecular complexity index is 122. The van der Waals surface area contributed by atoms with E-state index in [1.165, 1.54) is 31.0 Å². The van der Waals surface area contributed by atoms with E-state index in [4.69, 9.17) is 0 Å². The van der Waals surface area contributed by atoms with Gasteiger partial charge < -0.3 is 9.80 Å². The van der Waals surface area contributed by atoms with E-state index in [1.54, 1.807) is 0 Å². The summed E-state index contributed by atoms with van der Waals surface area (Å²) in [4.78, 5) is 4.75. The van der Waals surface area contributed by atoms with Crippen molar-refractivity contribution >= 4 is 11.8 Å². The van der Waals surface area contributed by atoms with Crippen LogP contribution in [0.3, 0.4) is 0 Å². The van der Waals surface area contributed by atoms with E-state index in [0.29, 0.717) is 0 Å². The van der Waals surface area contributed by atoms with Gasteiger partial charge in [0.25, 0.3) is 0 Å². The molecule has 1 saturated heterocycles. The first-order valence-corrected chi connectivity index (χ1v) is 5.78. The van der Waals surface area contributed by atoms with Crippen LogP contribution in [0.4, 0.5) is 0 Å². The molecule has 0 aromatic carbocycles. The highest BCUT2D eigenvalue weighted by molar-refractivity contribution is 7.99. The largest absolute Gasteiger partial charge is 0.308 e. The molecule has 0 bridgehead atoms. The molecular formula is C9H20N2S. The Labute approximate surface area is 80.3 Å². The highest BCUT2D eigenvalue weighted by Crippen LogP contribution is 2.20.